The molecule has 0 aliphatic carbocycles. The highest BCUT2D eigenvalue weighted by molar-refractivity contribution is 6.01. The average molecular weight is 251 g/mol. The summed E-state index contributed by atoms with van der Waals surface area (Å²) in [7, 11) is 0. The molecule has 0 bridgehead atoms. The Balaban J connectivity index is 2.81. The summed E-state index contributed by atoms with van der Waals surface area (Å²) in [5.41, 5.74) is 2.37. The molecular formula is C14H21NO3. The monoisotopic (exact) mass is 251 g/mol. The van der Waals surface area contributed by atoms with Crippen LogP contribution in [-0.2, 0) is 4.74 Å². The van der Waals surface area contributed by atoms with Crippen molar-refractivity contribution in [2.24, 2.45) is 5.92 Å². The number of hydrogen-bond donors (Lipinski definition) is 1. The molecule has 0 unspecified atom stereocenters. The number of rotatable bonds is 5. The molecule has 0 radical (unpaired) electrons. The van der Waals surface area contributed by atoms with Crippen LogP contribution in [0.25, 0.3) is 0 Å². The highest BCUT2D eigenvalue weighted by atomic mass is 16.5. The van der Waals surface area contributed by atoms with Gasteiger partial charge in [-0.3, -0.25) is 4.79 Å². The van der Waals surface area contributed by atoms with Gasteiger partial charge in [0.2, 0.25) is 0 Å². The number of aryl methyl sites for hydroxylation is 1. The first-order valence-corrected chi connectivity index (χ1v) is 6.21. The Kier molecular flexibility index (Phi) is 4.70. The summed E-state index contributed by atoms with van der Waals surface area (Å²) in [5, 5.41) is 0. The molecule has 1 N–H and O–H groups in total. The lowest BCUT2D eigenvalue weighted by Crippen LogP contribution is -2.10. The Morgan fingerprint density at radius 1 is 1.28 bits per heavy atom. The third kappa shape index (κ3) is 3.22. The van der Waals surface area contributed by atoms with Gasteiger partial charge < -0.3 is 9.72 Å². The van der Waals surface area contributed by atoms with E-state index in [1.54, 1.807) is 13.8 Å². The lowest BCUT2D eigenvalue weighted by molar-refractivity contribution is 0.0481. The highest BCUT2D eigenvalue weighted by Crippen LogP contribution is 2.19. The van der Waals surface area contributed by atoms with Crippen LogP contribution in [0.5, 0.6) is 0 Å². The summed E-state index contributed by atoms with van der Waals surface area (Å²) in [6.45, 7) is 9.60. The summed E-state index contributed by atoms with van der Waals surface area (Å²) >= 11 is 0. The average Bonchev–Trinajstić information content (AvgIpc) is 2.53. The first kappa shape index (κ1) is 14.5. The lowest BCUT2D eigenvalue weighted by atomic mass is 10.1. The maximum Gasteiger partial charge on any atom is 0.355 e. The van der Waals surface area contributed by atoms with Gasteiger partial charge in [0.1, 0.15) is 5.69 Å². The van der Waals surface area contributed by atoms with Crippen molar-refractivity contribution < 1.29 is 14.3 Å². The number of carbonyl (C=O) groups is 2. The number of esters is 1. The van der Waals surface area contributed by atoms with Gasteiger partial charge in [-0.25, -0.2) is 4.79 Å². The lowest BCUT2D eigenvalue weighted by Gasteiger charge is -2.06. The van der Waals surface area contributed by atoms with Crippen LogP contribution >= 0.6 is 0 Å². The summed E-state index contributed by atoms with van der Waals surface area (Å²) in [6, 6.07) is 0. The van der Waals surface area contributed by atoms with Gasteiger partial charge in [0.25, 0.3) is 0 Å². The smallest absolute Gasteiger partial charge is 0.355 e. The van der Waals surface area contributed by atoms with Gasteiger partial charge >= 0.3 is 5.97 Å². The second kappa shape index (κ2) is 5.85. The first-order chi connectivity index (χ1) is 8.34. The SMILES string of the molecule is CC(=O)c1c(C)[nH]c(C(=O)OCCC(C)C)c1C. The molecule has 4 heteroatoms. The maximum atomic E-state index is 11.9. The van der Waals surface area contributed by atoms with Gasteiger partial charge in [-0.15, -0.1) is 0 Å². The Bertz CT molecular complexity index is 458. The molecule has 1 aromatic rings. The quantitative estimate of drug-likeness (QED) is 0.646. The molecule has 0 atom stereocenters. The Morgan fingerprint density at radius 3 is 2.33 bits per heavy atom. The third-order valence-corrected chi connectivity index (χ3v) is 2.92. The van der Waals surface area contributed by atoms with E-state index in [0.717, 1.165) is 12.1 Å². The molecule has 1 rings (SSSR count). The topological polar surface area (TPSA) is 59.2 Å². The van der Waals surface area contributed by atoms with Crippen molar-refractivity contribution in [1.29, 1.82) is 0 Å². The van der Waals surface area contributed by atoms with Gasteiger partial charge in [0.15, 0.2) is 5.78 Å². The van der Waals surface area contributed by atoms with Gasteiger partial charge in [-0.2, -0.15) is 0 Å². The minimum Gasteiger partial charge on any atom is -0.461 e. The molecule has 0 aromatic carbocycles. The van der Waals surface area contributed by atoms with Crippen LogP contribution in [0, 0.1) is 19.8 Å². The normalized spacial score (nSPS) is 10.8. The predicted molar refractivity (Wildman–Crippen MR) is 70.0 cm³/mol. The van der Waals surface area contributed by atoms with Crippen molar-refractivity contribution in [1.82, 2.24) is 4.98 Å². The number of ether oxygens (including phenoxy) is 1. The molecule has 0 aliphatic rings. The number of ketones is 1. The van der Waals surface area contributed by atoms with Crippen LogP contribution in [0.15, 0.2) is 0 Å². The zero-order chi connectivity index (χ0) is 13.9. The second-order valence-electron chi connectivity index (χ2n) is 5.00. The van der Waals surface area contributed by atoms with Crippen LogP contribution in [0.1, 0.15) is 59.3 Å². The predicted octanol–water partition coefficient (Wildman–Crippen LogP) is 3.04. The van der Waals surface area contributed by atoms with E-state index in [9.17, 15) is 9.59 Å². The highest BCUT2D eigenvalue weighted by Gasteiger charge is 2.20. The molecular weight excluding hydrogens is 230 g/mol. The Hall–Kier alpha value is -1.58. The fraction of sp³-hybridized carbons (Fsp3) is 0.571. The largest absolute Gasteiger partial charge is 0.461 e. The summed E-state index contributed by atoms with van der Waals surface area (Å²) in [5.74, 6) is 0.0725. The molecule has 0 saturated heterocycles. The van der Waals surface area contributed by atoms with Crippen molar-refractivity contribution in [3.8, 4) is 0 Å². The number of hydrogen-bond acceptors (Lipinski definition) is 3. The zero-order valence-electron chi connectivity index (χ0n) is 11.7. The minimum absolute atomic E-state index is 0.0394. The van der Waals surface area contributed by atoms with Gasteiger partial charge in [0, 0.05) is 11.3 Å². The van der Waals surface area contributed by atoms with Crippen molar-refractivity contribution in [2.75, 3.05) is 6.61 Å². The molecule has 0 amide bonds. The molecule has 4 nitrogen and oxygen atoms in total. The van der Waals surface area contributed by atoms with Gasteiger partial charge in [-0.05, 0) is 38.7 Å². The number of nitrogens with one attached hydrogen (secondary N) is 1. The van der Waals surface area contributed by atoms with E-state index in [-0.39, 0.29) is 11.8 Å². The van der Waals surface area contributed by atoms with Crippen LogP contribution in [0.3, 0.4) is 0 Å². The van der Waals surface area contributed by atoms with Crippen molar-refractivity contribution in [3.05, 3.63) is 22.5 Å². The van der Waals surface area contributed by atoms with E-state index in [1.807, 2.05) is 0 Å². The summed E-state index contributed by atoms with van der Waals surface area (Å²) in [4.78, 5) is 26.3. The summed E-state index contributed by atoms with van der Waals surface area (Å²) < 4.78 is 5.19. The number of carbonyl (C=O) groups excluding carboxylic acids is 2. The standard InChI is InChI=1S/C14H21NO3/c1-8(2)6-7-18-14(17)13-9(3)12(11(5)16)10(4)15-13/h8,15H,6-7H2,1-5H3. The van der Waals surface area contributed by atoms with Crippen LogP contribution in [-0.4, -0.2) is 23.3 Å². The molecule has 1 heterocycles. The molecule has 0 fully saturated rings. The first-order valence-electron chi connectivity index (χ1n) is 6.21. The summed E-state index contributed by atoms with van der Waals surface area (Å²) in [6.07, 6.45) is 0.837. The van der Waals surface area contributed by atoms with E-state index < -0.39 is 0 Å². The fourth-order valence-electron chi connectivity index (χ4n) is 1.94. The van der Waals surface area contributed by atoms with Crippen LogP contribution < -0.4 is 0 Å². The molecule has 0 aliphatic heterocycles. The molecule has 1 aromatic heterocycles. The Morgan fingerprint density at radius 2 is 1.89 bits per heavy atom. The van der Waals surface area contributed by atoms with E-state index in [1.165, 1.54) is 6.92 Å². The molecule has 18 heavy (non-hydrogen) atoms. The van der Waals surface area contributed by atoms with E-state index in [4.69, 9.17) is 4.74 Å². The Labute approximate surface area is 108 Å². The van der Waals surface area contributed by atoms with E-state index in [0.29, 0.717) is 29.3 Å². The fourth-order valence-corrected chi connectivity index (χ4v) is 1.94. The van der Waals surface area contributed by atoms with Crippen LogP contribution in [0.2, 0.25) is 0 Å². The van der Waals surface area contributed by atoms with Crippen molar-refractivity contribution in [2.45, 2.75) is 41.0 Å². The number of H-pyrrole nitrogens is 1. The molecule has 0 saturated carbocycles. The maximum absolute atomic E-state index is 11.9. The number of Topliss-reactive ketones (excluding diaryl/α,β-unsaturated/α-hetero) is 1. The van der Waals surface area contributed by atoms with Gasteiger partial charge in [-0.1, -0.05) is 13.8 Å². The number of aromatic amines is 1. The molecule has 100 valence electrons. The van der Waals surface area contributed by atoms with Gasteiger partial charge in [0.05, 0.1) is 6.61 Å². The van der Waals surface area contributed by atoms with Crippen LogP contribution in [0.4, 0.5) is 0 Å². The number of aromatic nitrogens is 1. The molecule has 0 spiro atoms. The zero-order valence-corrected chi connectivity index (χ0v) is 11.7. The van der Waals surface area contributed by atoms with E-state index in [2.05, 4.69) is 18.8 Å². The minimum atomic E-state index is -0.385. The van der Waals surface area contributed by atoms with Crippen molar-refractivity contribution in [3.63, 3.8) is 0 Å². The van der Waals surface area contributed by atoms with E-state index >= 15 is 0 Å². The second-order valence-corrected chi connectivity index (χ2v) is 5.00. The van der Waals surface area contributed by atoms with Crippen molar-refractivity contribution >= 4 is 11.8 Å². The third-order valence-electron chi connectivity index (χ3n) is 2.92.